The molecule has 0 spiro atoms. The predicted molar refractivity (Wildman–Crippen MR) is 117 cm³/mol. The van der Waals surface area contributed by atoms with Crippen LogP contribution in [0.1, 0.15) is 58.7 Å². The summed E-state index contributed by atoms with van der Waals surface area (Å²) in [4.78, 5) is 38.9. The van der Waals surface area contributed by atoms with Crippen LogP contribution in [-0.4, -0.2) is 22.9 Å². The number of rotatable bonds is 6. The molecule has 2 aliphatic rings. The molecule has 2 aromatic heterocycles. The summed E-state index contributed by atoms with van der Waals surface area (Å²) >= 11 is 1.45. The predicted octanol–water partition coefficient (Wildman–Crippen LogP) is 4.15. The lowest BCUT2D eigenvalue weighted by Crippen LogP contribution is -2.35. The van der Waals surface area contributed by atoms with Crippen molar-refractivity contribution in [2.24, 2.45) is 11.8 Å². The fourth-order valence-electron chi connectivity index (χ4n) is 4.32. The molecule has 2 aliphatic carbocycles. The summed E-state index contributed by atoms with van der Waals surface area (Å²) in [5, 5.41) is 15.8. The number of aliphatic carboxylic acids is 1. The van der Waals surface area contributed by atoms with Crippen LogP contribution >= 0.6 is 11.3 Å². The lowest BCUT2D eigenvalue weighted by molar-refractivity contribution is -0.146. The Hall–Kier alpha value is -2.87. The first-order chi connectivity index (χ1) is 15.0. The lowest BCUT2D eigenvalue weighted by Gasteiger charge is -2.24. The molecule has 0 fully saturated rings. The van der Waals surface area contributed by atoms with Crippen LogP contribution in [0.5, 0.6) is 0 Å². The largest absolute Gasteiger partial charge is 0.481 e. The number of thiophene rings is 1. The molecule has 0 saturated carbocycles. The maximum Gasteiger partial charge on any atom is 0.307 e. The number of carboxylic acid groups (broad SMARTS) is 1. The average Bonchev–Trinajstić information content (AvgIpc) is 3.34. The van der Waals surface area contributed by atoms with Gasteiger partial charge in [0, 0.05) is 4.88 Å². The Morgan fingerprint density at radius 2 is 1.87 bits per heavy atom. The van der Waals surface area contributed by atoms with E-state index in [1.807, 2.05) is 12.2 Å². The zero-order valence-corrected chi connectivity index (χ0v) is 18.0. The normalized spacial score (nSPS) is 20.5. The van der Waals surface area contributed by atoms with Gasteiger partial charge in [-0.1, -0.05) is 18.6 Å². The van der Waals surface area contributed by atoms with Gasteiger partial charge in [-0.15, -0.1) is 11.3 Å². The Balaban J connectivity index is 1.59. The Bertz CT molecular complexity index is 992. The smallest absolute Gasteiger partial charge is 0.307 e. The molecule has 0 aromatic carbocycles. The molecule has 0 radical (unpaired) electrons. The Kier molecular flexibility index (Phi) is 6.56. The van der Waals surface area contributed by atoms with Crippen LogP contribution in [-0.2, 0) is 29.0 Å². The Labute approximate surface area is 184 Å². The highest BCUT2D eigenvalue weighted by molar-refractivity contribution is 7.17. The number of carboxylic acids is 1. The molecule has 0 unspecified atom stereocenters. The molecule has 2 amide bonds. The van der Waals surface area contributed by atoms with Crippen molar-refractivity contribution in [1.29, 1.82) is 0 Å². The van der Waals surface area contributed by atoms with E-state index in [1.54, 1.807) is 18.4 Å². The molecule has 0 bridgehead atoms. The molecule has 3 N–H and O–H groups in total. The van der Waals surface area contributed by atoms with Crippen molar-refractivity contribution in [2.45, 2.75) is 51.5 Å². The lowest BCUT2D eigenvalue weighted by atomic mass is 9.82. The van der Waals surface area contributed by atoms with E-state index < -0.39 is 17.8 Å². The number of anilines is 1. The van der Waals surface area contributed by atoms with Crippen molar-refractivity contribution in [2.75, 3.05) is 5.32 Å². The summed E-state index contributed by atoms with van der Waals surface area (Å²) in [6, 6.07) is 3.56. The molecule has 7 nitrogen and oxygen atoms in total. The number of furan rings is 1. The third kappa shape index (κ3) is 4.74. The Morgan fingerprint density at radius 3 is 2.61 bits per heavy atom. The number of aryl methyl sites for hydroxylation is 1. The van der Waals surface area contributed by atoms with Gasteiger partial charge in [-0.2, -0.15) is 0 Å². The molecular formula is C23H26N2O5S. The second kappa shape index (κ2) is 9.51. The van der Waals surface area contributed by atoms with Crippen LogP contribution in [0.25, 0.3) is 0 Å². The fourth-order valence-corrected chi connectivity index (χ4v) is 5.61. The Morgan fingerprint density at radius 1 is 1.10 bits per heavy atom. The number of hydrogen-bond acceptors (Lipinski definition) is 5. The quantitative estimate of drug-likeness (QED) is 0.460. The standard InChI is InChI=1S/C23H26N2O5S/c26-20(15-8-4-5-9-16(15)23(28)29)25-22-19(17-10-2-1-3-11-18(17)31-22)21(27)24-13-14-7-6-12-30-14/h4-7,12,15-16H,1-3,8-11,13H2,(H,24,27)(H,25,26)(H,28,29)/t15-,16-/m1/s1. The van der Waals surface area contributed by atoms with Gasteiger partial charge in [0.25, 0.3) is 5.91 Å². The average molecular weight is 443 g/mol. The number of nitrogens with one attached hydrogen (secondary N) is 2. The highest BCUT2D eigenvalue weighted by Crippen LogP contribution is 2.38. The van der Waals surface area contributed by atoms with Crippen LogP contribution in [0.2, 0.25) is 0 Å². The second-order valence-electron chi connectivity index (χ2n) is 8.01. The van der Waals surface area contributed by atoms with E-state index in [0.717, 1.165) is 42.5 Å². The van der Waals surface area contributed by atoms with E-state index in [0.29, 0.717) is 29.2 Å². The number of allylic oxidation sites excluding steroid dienone is 2. The van der Waals surface area contributed by atoms with Crippen molar-refractivity contribution in [1.82, 2.24) is 5.32 Å². The van der Waals surface area contributed by atoms with Crippen LogP contribution in [0, 0.1) is 11.8 Å². The molecule has 164 valence electrons. The summed E-state index contributed by atoms with van der Waals surface area (Å²) in [6.07, 6.45) is 10.8. The number of amides is 2. The SMILES string of the molecule is O=C(NCc1ccco1)c1c(NC(=O)[C@@H]2CC=CC[C@H]2C(=O)O)sc2c1CCCCC2. The first-order valence-electron chi connectivity index (χ1n) is 10.7. The van der Waals surface area contributed by atoms with E-state index in [1.165, 1.54) is 11.3 Å². The van der Waals surface area contributed by atoms with Crippen molar-refractivity contribution >= 4 is 34.1 Å². The summed E-state index contributed by atoms with van der Waals surface area (Å²) < 4.78 is 5.30. The zero-order valence-electron chi connectivity index (χ0n) is 17.2. The first kappa shape index (κ1) is 21.4. The molecule has 8 heteroatoms. The van der Waals surface area contributed by atoms with Crippen molar-refractivity contribution in [3.8, 4) is 0 Å². The molecule has 4 rings (SSSR count). The van der Waals surface area contributed by atoms with Gasteiger partial charge in [0.1, 0.15) is 10.8 Å². The topological polar surface area (TPSA) is 109 Å². The third-order valence-electron chi connectivity index (χ3n) is 5.97. The third-order valence-corrected chi connectivity index (χ3v) is 7.18. The van der Waals surface area contributed by atoms with Gasteiger partial charge < -0.3 is 20.2 Å². The summed E-state index contributed by atoms with van der Waals surface area (Å²) in [5.74, 6) is -2.30. The van der Waals surface area contributed by atoms with E-state index in [4.69, 9.17) is 4.42 Å². The van der Waals surface area contributed by atoms with Gasteiger partial charge >= 0.3 is 5.97 Å². The molecule has 2 heterocycles. The fraction of sp³-hybridized carbons (Fsp3) is 0.435. The van der Waals surface area contributed by atoms with Crippen LogP contribution in [0.3, 0.4) is 0 Å². The van der Waals surface area contributed by atoms with Crippen molar-refractivity contribution in [3.63, 3.8) is 0 Å². The van der Waals surface area contributed by atoms with Gasteiger partial charge in [-0.3, -0.25) is 14.4 Å². The summed E-state index contributed by atoms with van der Waals surface area (Å²) in [5.41, 5.74) is 1.52. The number of carbonyl (C=O) groups is 3. The molecule has 0 aliphatic heterocycles. The molecule has 31 heavy (non-hydrogen) atoms. The van der Waals surface area contributed by atoms with Crippen LogP contribution < -0.4 is 10.6 Å². The summed E-state index contributed by atoms with van der Waals surface area (Å²) in [7, 11) is 0. The van der Waals surface area contributed by atoms with Gasteiger partial charge in [-0.05, 0) is 56.2 Å². The maximum absolute atomic E-state index is 13.1. The van der Waals surface area contributed by atoms with Gasteiger partial charge in [0.2, 0.25) is 5.91 Å². The minimum atomic E-state index is -0.970. The van der Waals surface area contributed by atoms with E-state index in [2.05, 4.69) is 10.6 Å². The molecule has 0 saturated heterocycles. The molecule has 2 aromatic rings. The zero-order chi connectivity index (χ0) is 21.8. The minimum Gasteiger partial charge on any atom is -0.481 e. The van der Waals surface area contributed by atoms with Gasteiger partial charge in [-0.25, -0.2) is 0 Å². The van der Waals surface area contributed by atoms with E-state index in [9.17, 15) is 19.5 Å². The number of fused-ring (bicyclic) bond motifs is 1. The number of carbonyl (C=O) groups excluding carboxylic acids is 2. The first-order valence-corrected chi connectivity index (χ1v) is 11.5. The number of hydrogen-bond donors (Lipinski definition) is 3. The van der Waals surface area contributed by atoms with Gasteiger partial charge in [0.05, 0.1) is 30.2 Å². The van der Waals surface area contributed by atoms with E-state index in [-0.39, 0.29) is 18.4 Å². The van der Waals surface area contributed by atoms with Gasteiger partial charge in [0.15, 0.2) is 0 Å². The summed E-state index contributed by atoms with van der Waals surface area (Å²) in [6.45, 7) is 0.262. The highest BCUT2D eigenvalue weighted by Gasteiger charge is 2.35. The second-order valence-corrected chi connectivity index (χ2v) is 9.12. The maximum atomic E-state index is 13.1. The van der Waals surface area contributed by atoms with Crippen molar-refractivity contribution in [3.05, 3.63) is 52.3 Å². The highest BCUT2D eigenvalue weighted by atomic mass is 32.1. The van der Waals surface area contributed by atoms with Crippen LogP contribution in [0.4, 0.5) is 5.00 Å². The van der Waals surface area contributed by atoms with Crippen molar-refractivity contribution < 1.29 is 23.9 Å². The minimum absolute atomic E-state index is 0.246. The molecular weight excluding hydrogens is 416 g/mol. The van der Waals surface area contributed by atoms with E-state index >= 15 is 0 Å². The molecule has 2 atom stereocenters. The van der Waals surface area contributed by atoms with Crippen LogP contribution in [0.15, 0.2) is 35.0 Å². The monoisotopic (exact) mass is 442 g/mol.